The molecule has 0 aliphatic carbocycles. The van der Waals surface area contributed by atoms with Crippen LogP contribution in [0.25, 0.3) is 0 Å². The zero-order valence-corrected chi connectivity index (χ0v) is 10.4. The van der Waals surface area contributed by atoms with Crippen molar-refractivity contribution in [3.05, 3.63) is 35.5 Å². The summed E-state index contributed by atoms with van der Waals surface area (Å²) in [6.45, 7) is 5.49. The number of rotatable bonds is 6. The standard InChI is InChI=1S/C12H14ClN3O/c1-3-6-16(7-8-17-2)12-11(13)10(9-14)4-5-15-12/h3-5H,1,6-8H2,2H3. The Morgan fingerprint density at radius 2 is 2.47 bits per heavy atom. The molecule has 1 aromatic rings. The molecule has 0 radical (unpaired) electrons. The highest BCUT2D eigenvalue weighted by atomic mass is 35.5. The molecule has 0 saturated heterocycles. The Bertz CT molecular complexity index is 428. The predicted molar refractivity (Wildman–Crippen MR) is 68.2 cm³/mol. The Kier molecular flexibility index (Phi) is 5.47. The highest BCUT2D eigenvalue weighted by Gasteiger charge is 2.13. The predicted octanol–water partition coefficient (Wildman–Crippen LogP) is 2.25. The molecule has 0 fully saturated rings. The van der Waals surface area contributed by atoms with E-state index in [1.807, 2.05) is 11.0 Å². The minimum atomic E-state index is 0.368. The van der Waals surface area contributed by atoms with Gasteiger partial charge in [-0.15, -0.1) is 6.58 Å². The van der Waals surface area contributed by atoms with E-state index in [9.17, 15) is 0 Å². The quantitative estimate of drug-likeness (QED) is 0.728. The van der Waals surface area contributed by atoms with Crippen LogP contribution in [0.3, 0.4) is 0 Å². The van der Waals surface area contributed by atoms with Crippen molar-refractivity contribution in [2.24, 2.45) is 0 Å². The highest BCUT2D eigenvalue weighted by Crippen LogP contribution is 2.26. The van der Waals surface area contributed by atoms with Crippen molar-refractivity contribution in [3.8, 4) is 6.07 Å². The second-order valence-electron chi connectivity index (χ2n) is 3.34. The molecule has 17 heavy (non-hydrogen) atoms. The second kappa shape index (κ2) is 6.89. The van der Waals surface area contributed by atoms with E-state index in [1.165, 1.54) is 0 Å². The summed E-state index contributed by atoms with van der Waals surface area (Å²) in [4.78, 5) is 6.11. The van der Waals surface area contributed by atoms with Gasteiger partial charge in [0.2, 0.25) is 0 Å². The largest absolute Gasteiger partial charge is 0.383 e. The van der Waals surface area contributed by atoms with Gasteiger partial charge in [0, 0.05) is 26.4 Å². The SMILES string of the molecule is C=CCN(CCOC)c1nccc(C#N)c1Cl. The van der Waals surface area contributed by atoms with E-state index in [1.54, 1.807) is 25.4 Å². The molecule has 0 spiro atoms. The fourth-order valence-corrected chi connectivity index (χ4v) is 1.65. The van der Waals surface area contributed by atoms with E-state index in [0.717, 1.165) is 0 Å². The van der Waals surface area contributed by atoms with Gasteiger partial charge in [-0.3, -0.25) is 0 Å². The van der Waals surface area contributed by atoms with Gasteiger partial charge in [0.05, 0.1) is 12.2 Å². The topological polar surface area (TPSA) is 49.1 Å². The van der Waals surface area contributed by atoms with E-state index in [-0.39, 0.29) is 0 Å². The summed E-state index contributed by atoms with van der Waals surface area (Å²) in [6, 6.07) is 3.62. The molecule has 0 unspecified atom stereocenters. The summed E-state index contributed by atoms with van der Waals surface area (Å²) in [7, 11) is 1.63. The Morgan fingerprint density at radius 3 is 3.06 bits per heavy atom. The lowest BCUT2D eigenvalue weighted by molar-refractivity contribution is 0.205. The van der Waals surface area contributed by atoms with Gasteiger partial charge in [-0.2, -0.15) is 5.26 Å². The molecule has 0 aromatic carbocycles. The Labute approximate surface area is 106 Å². The fourth-order valence-electron chi connectivity index (χ4n) is 1.38. The molecule has 1 aromatic heterocycles. The van der Waals surface area contributed by atoms with Gasteiger partial charge >= 0.3 is 0 Å². The molecule has 1 heterocycles. The third-order valence-electron chi connectivity index (χ3n) is 2.21. The summed E-state index contributed by atoms with van der Waals surface area (Å²) in [6.07, 6.45) is 3.33. The molecular weight excluding hydrogens is 238 g/mol. The molecule has 0 aliphatic heterocycles. The van der Waals surface area contributed by atoms with Gasteiger partial charge in [0.1, 0.15) is 16.9 Å². The van der Waals surface area contributed by atoms with Crippen molar-refractivity contribution in [3.63, 3.8) is 0 Å². The third kappa shape index (κ3) is 3.45. The van der Waals surface area contributed by atoms with Crippen LogP contribution in [0, 0.1) is 11.3 Å². The van der Waals surface area contributed by atoms with E-state index < -0.39 is 0 Å². The van der Waals surface area contributed by atoms with Gasteiger partial charge < -0.3 is 9.64 Å². The van der Waals surface area contributed by atoms with Crippen LogP contribution in [-0.2, 0) is 4.74 Å². The minimum Gasteiger partial charge on any atom is -0.383 e. The summed E-state index contributed by atoms with van der Waals surface area (Å²) in [5.41, 5.74) is 0.420. The zero-order chi connectivity index (χ0) is 12.7. The molecule has 0 atom stereocenters. The van der Waals surface area contributed by atoms with Crippen molar-refractivity contribution in [2.75, 3.05) is 31.7 Å². The Morgan fingerprint density at radius 1 is 1.71 bits per heavy atom. The van der Waals surface area contributed by atoms with Crippen LogP contribution in [0.4, 0.5) is 5.82 Å². The number of methoxy groups -OCH3 is 1. The lowest BCUT2D eigenvalue weighted by Gasteiger charge is -2.22. The maximum absolute atomic E-state index is 8.91. The molecule has 0 N–H and O–H groups in total. The fraction of sp³-hybridized carbons (Fsp3) is 0.333. The van der Waals surface area contributed by atoms with Gasteiger partial charge in [0.25, 0.3) is 0 Å². The van der Waals surface area contributed by atoms with Crippen LogP contribution >= 0.6 is 11.6 Å². The molecule has 0 aliphatic rings. The van der Waals surface area contributed by atoms with Crippen LogP contribution in [-0.4, -0.2) is 31.8 Å². The first-order valence-electron chi connectivity index (χ1n) is 5.14. The van der Waals surface area contributed by atoms with E-state index >= 15 is 0 Å². The van der Waals surface area contributed by atoms with Gasteiger partial charge in [-0.25, -0.2) is 4.98 Å². The first kappa shape index (κ1) is 13.5. The summed E-state index contributed by atoms with van der Waals surface area (Å²) < 4.78 is 5.02. The van der Waals surface area contributed by atoms with Crippen molar-refractivity contribution in [2.45, 2.75) is 0 Å². The first-order chi connectivity index (χ1) is 8.24. The number of nitriles is 1. The van der Waals surface area contributed by atoms with Crippen LogP contribution in [0.5, 0.6) is 0 Å². The minimum absolute atomic E-state index is 0.368. The average Bonchev–Trinajstić information content (AvgIpc) is 2.35. The smallest absolute Gasteiger partial charge is 0.149 e. The Hall–Kier alpha value is -1.57. The van der Waals surface area contributed by atoms with Crippen LogP contribution in [0.1, 0.15) is 5.56 Å². The van der Waals surface area contributed by atoms with E-state index in [2.05, 4.69) is 11.6 Å². The number of aromatic nitrogens is 1. The van der Waals surface area contributed by atoms with E-state index in [4.69, 9.17) is 21.6 Å². The lowest BCUT2D eigenvalue weighted by atomic mass is 10.2. The maximum atomic E-state index is 8.91. The highest BCUT2D eigenvalue weighted by molar-refractivity contribution is 6.34. The third-order valence-corrected chi connectivity index (χ3v) is 2.58. The van der Waals surface area contributed by atoms with Crippen LogP contribution in [0.15, 0.2) is 24.9 Å². The summed E-state index contributed by atoms with van der Waals surface area (Å²) in [5, 5.41) is 9.27. The zero-order valence-electron chi connectivity index (χ0n) is 9.69. The van der Waals surface area contributed by atoms with E-state index in [0.29, 0.717) is 36.1 Å². The number of hydrogen-bond acceptors (Lipinski definition) is 4. The monoisotopic (exact) mass is 251 g/mol. The van der Waals surface area contributed by atoms with Gasteiger partial charge in [0.15, 0.2) is 0 Å². The van der Waals surface area contributed by atoms with Crippen LogP contribution < -0.4 is 4.90 Å². The number of anilines is 1. The Balaban J connectivity index is 3.01. The number of hydrogen-bond donors (Lipinski definition) is 0. The molecule has 0 amide bonds. The number of nitrogens with zero attached hydrogens (tertiary/aromatic N) is 3. The van der Waals surface area contributed by atoms with Crippen molar-refractivity contribution >= 4 is 17.4 Å². The van der Waals surface area contributed by atoms with Crippen molar-refractivity contribution in [1.29, 1.82) is 5.26 Å². The summed E-state index contributed by atoms with van der Waals surface area (Å²) in [5.74, 6) is 0.586. The summed E-state index contributed by atoms with van der Waals surface area (Å²) >= 11 is 6.12. The normalized spacial score (nSPS) is 9.71. The second-order valence-corrected chi connectivity index (χ2v) is 3.71. The average molecular weight is 252 g/mol. The lowest BCUT2D eigenvalue weighted by Crippen LogP contribution is -2.28. The number of ether oxygens (including phenoxy) is 1. The molecule has 1 rings (SSSR count). The molecule has 0 saturated carbocycles. The molecule has 0 bridgehead atoms. The molecule has 90 valence electrons. The molecule has 4 nitrogen and oxygen atoms in total. The van der Waals surface area contributed by atoms with Crippen molar-refractivity contribution < 1.29 is 4.74 Å². The van der Waals surface area contributed by atoms with Gasteiger partial charge in [-0.05, 0) is 6.07 Å². The van der Waals surface area contributed by atoms with Crippen molar-refractivity contribution in [1.82, 2.24) is 4.98 Å². The molecule has 5 heteroatoms. The van der Waals surface area contributed by atoms with Gasteiger partial charge in [-0.1, -0.05) is 17.7 Å². The molecular formula is C12H14ClN3O. The number of pyridine rings is 1. The van der Waals surface area contributed by atoms with Crippen LogP contribution in [0.2, 0.25) is 5.02 Å². The maximum Gasteiger partial charge on any atom is 0.149 e. The number of halogens is 1. The first-order valence-corrected chi connectivity index (χ1v) is 5.51.